The van der Waals surface area contributed by atoms with Crippen molar-refractivity contribution in [3.8, 4) is 5.75 Å². The molecule has 1 aromatic carbocycles. The third-order valence-corrected chi connectivity index (χ3v) is 4.04. The summed E-state index contributed by atoms with van der Waals surface area (Å²) in [6.07, 6.45) is 6.29. The van der Waals surface area contributed by atoms with E-state index >= 15 is 0 Å². The molecule has 5 heteroatoms. The number of hydrogen-bond acceptors (Lipinski definition) is 3. The van der Waals surface area contributed by atoms with Crippen molar-refractivity contribution in [1.29, 1.82) is 0 Å². The third-order valence-electron chi connectivity index (χ3n) is 4.04. The summed E-state index contributed by atoms with van der Waals surface area (Å²) in [6, 6.07) is 8.54. The third kappa shape index (κ3) is 2.88. The molecule has 0 aromatic heterocycles. The van der Waals surface area contributed by atoms with Crippen LogP contribution < -0.4 is 21.3 Å². The van der Waals surface area contributed by atoms with Crippen molar-refractivity contribution in [2.75, 3.05) is 6.61 Å². The average molecular weight is 274 g/mol. The molecule has 0 radical (unpaired) electrons. The minimum absolute atomic E-state index is 0.0216. The molecular formula is C15H22N4O. The van der Waals surface area contributed by atoms with Gasteiger partial charge in [-0.05, 0) is 18.9 Å². The molecule has 1 aromatic rings. The van der Waals surface area contributed by atoms with E-state index in [-0.39, 0.29) is 6.04 Å². The number of hydrazine groups is 1. The molecule has 1 fully saturated rings. The van der Waals surface area contributed by atoms with Gasteiger partial charge in [0.25, 0.3) is 0 Å². The van der Waals surface area contributed by atoms with Gasteiger partial charge in [-0.3, -0.25) is 5.43 Å². The van der Waals surface area contributed by atoms with Gasteiger partial charge in [-0.2, -0.15) is 0 Å². The van der Waals surface area contributed by atoms with Crippen LogP contribution in [-0.4, -0.2) is 18.6 Å². The predicted octanol–water partition coefficient (Wildman–Crippen LogP) is 1.86. The average Bonchev–Trinajstić information content (AvgIpc) is 2.91. The van der Waals surface area contributed by atoms with Crippen LogP contribution >= 0.6 is 0 Å². The monoisotopic (exact) mass is 274 g/mol. The number of guanidine groups is 1. The van der Waals surface area contributed by atoms with E-state index in [9.17, 15) is 0 Å². The maximum absolute atomic E-state index is 5.64. The van der Waals surface area contributed by atoms with Crippen LogP contribution in [0.15, 0.2) is 29.3 Å². The van der Waals surface area contributed by atoms with E-state index in [1.807, 2.05) is 18.2 Å². The lowest BCUT2D eigenvalue weighted by molar-refractivity contribution is 0.333. The molecule has 1 unspecified atom stereocenters. The Morgan fingerprint density at radius 1 is 1.20 bits per heavy atom. The maximum atomic E-state index is 5.64. The first kappa shape index (κ1) is 13.2. The summed E-state index contributed by atoms with van der Waals surface area (Å²) in [5.41, 5.74) is 3.82. The van der Waals surface area contributed by atoms with Gasteiger partial charge >= 0.3 is 0 Å². The van der Waals surface area contributed by atoms with Crippen LogP contribution in [0.5, 0.6) is 5.75 Å². The van der Waals surface area contributed by atoms with Crippen LogP contribution in [0.25, 0.3) is 0 Å². The lowest BCUT2D eigenvalue weighted by Gasteiger charge is -2.24. The van der Waals surface area contributed by atoms with Crippen molar-refractivity contribution < 1.29 is 4.74 Å². The normalized spacial score (nSPS) is 23.1. The van der Waals surface area contributed by atoms with E-state index in [1.165, 1.54) is 32.1 Å². The fourth-order valence-electron chi connectivity index (χ4n) is 2.96. The van der Waals surface area contributed by atoms with Gasteiger partial charge in [0.2, 0.25) is 5.96 Å². The highest BCUT2D eigenvalue weighted by Crippen LogP contribution is 2.34. The number of fused-ring (bicyclic) bond motifs is 1. The summed E-state index contributed by atoms with van der Waals surface area (Å²) in [6.45, 7) is 0.580. The second-order valence-electron chi connectivity index (χ2n) is 5.47. The zero-order valence-corrected chi connectivity index (χ0v) is 11.6. The zero-order valence-electron chi connectivity index (χ0n) is 11.6. The van der Waals surface area contributed by atoms with Crippen molar-refractivity contribution in [1.82, 2.24) is 10.7 Å². The Morgan fingerprint density at radius 2 is 2.00 bits per heavy atom. The molecule has 1 saturated carbocycles. The molecule has 2 aliphatic rings. The van der Waals surface area contributed by atoms with E-state index in [1.54, 1.807) is 0 Å². The van der Waals surface area contributed by atoms with E-state index in [4.69, 9.17) is 10.6 Å². The Kier molecular flexibility index (Phi) is 4.06. The number of aliphatic imine (C=N–C) groups is 1. The topological polar surface area (TPSA) is 71.7 Å². The summed E-state index contributed by atoms with van der Waals surface area (Å²) in [5, 5.41) is 3.42. The molecule has 4 N–H and O–H groups in total. The Morgan fingerprint density at radius 3 is 2.80 bits per heavy atom. The van der Waals surface area contributed by atoms with Crippen LogP contribution in [0.2, 0.25) is 0 Å². The van der Waals surface area contributed by atoms with Crippen LogP contribution in [0.3, 0.4) is 0 Å². The lowest BCUT2D eigenvalue weighted by Crippen LogP contribution is -2.47. The molecular weight excluding hydrogens is 252 g/mol. The molecule has 0 saturated heterocycles. The number of nitrogens with zero attached hydrogens (tertiary/aromatic N) is 1. The lowest BCUT2D eigenvalue weighted by atomic mass is 9.96. The smallest absolute Gasteiger partial charge is 0.206 e. The standard InChI is InChI=1S/C15H22N4O/c16-19-15(17-11-6-2-1-3-7-11)18-13-10-20-14-9-5-4-8-12(13)14/h4-5,8-9,11,13H,1-3,6-7,10,16H2,(H2,17,18,19). The van der Waals surface area contributed by atoms with E-state index < -0.39 is 0 Å². The van der Waals surface area contributed by atoms with Crippen LogP contribution in [0, 0.1) is 0 Å². The molecule has 1 heterocycles. The largest absolute Gasteiger partial charge is 0.491 e. The first-order valence-electron chi connectivity index (χ1n) is 7.39. The molecule has 0 spiro atoms. The first-order valence-corrected chi connectivity index (χ1v) is 7.39. The van der Waals surface area contributed by atoms with Crippen molar-refractivity contribution in [2.45, 2.75) is 44.2 Å². The molecule has 1 aliphatic heterocycles. The highest BCUT2D eigenvalue weighted by molar-refractivity contribution is 5.80. The molecule has 0 amide bonds. The van der Waals surface area contributed by atoms with Gasteiger partial charge in [0, 0.05) is 11.6 Å². The molecule has 108 valence electrons. The van der Waals surface area contributed by atoms with Crippen molar-refractivity contribution in [2.24, 2.45) is 10.8 Å². The van der Waals surface area contributed by atoms with Gasteiger partial charge in [0.15, 0.2) is 0 Å². The number of hydrogen-bond donors (Lipinski definition) is 3. The van der Waals surface area contributed by atoms with E-state index in [2.05, 4.69) is 21.8 Å². The Hall–Kier alpha value is -1.75. The van der Waals surface area contributed by atoms with Crippen LogP contribution in [-0.2, 0) is 0 Å². The van der Waals surface area contributed by atoms with Gasteiger partial charge < -0.3 is 10.1 Å². The van der Waals surface area contributed by atoms with Crippen molar-refractivity contribution >= 4 is 5.96 Å². The quantitative estimate of drug-likeness (QED) is 0.333. The summed E-state index contributed by atoms with van der Waals surface area (Å²) in [7, 11) is 0. The molecule has 1 aliphatic carbocycles. The fourth-order valence-corrected chi connectivity index (χ4v) is 2.96. The molecule has 3 rings (SSSR count). The van der Waals surface area contributed by atoms with E-state index in [0.29, 0.717) is 18.6 Å². The molecule has 20 heavy (non-hydrogen) atoms. The SMILES string of the molecule is NNC(=NC1COc2ccccc21)NC1CCCCC1. The number of nitrogens with one attached hydrogen (secondary N) is 2. The highest BCUT2D eigenvalue weighted by atomic mass is 16.5. The second-order valence-corrected chi connectivity index (χ2v) is 5.47. The van der Waals surface area contributed by atoms with Gasteiger partial charge in [0.1, 0.15) is 18.4 Å². The second kappa shape index (κ2) is 6.13. The summed E-state index contributed by atoms with van der Waals surface area (Å²) < 4.78 is 5.64. The number of ether oxygens (including phenoxy) is 1. The number of nitrogens with two attached hydrogens (primary N) is 1. The van der Waals surface area contributed by atoms with Gasteiger partial charge in [0.05, 0.1) is 0 Å². The summed E-state index contributed by atoms with van der Waals surface area (Å²) in [5.74, 6) is 7.20. The zero-order chi connectivity index (χ0) is 13.8. The maximum Gasteiger partial charge on any atom is 0.206 e. The van der Waals surface area contributed by atoms with Gasteiger partial charge in [-0.25, -0.2) is 10.8 Å². The molecule has 1 atom stereocenters. The van der Waals surface area contributed by atoms with Crippen molar-refractivity contribution in [3.05, 3.63) is 29.8 Å². The van der Waals surface area contributed by atoms with Crippen molar-refractivity contribution in [3.63, 3.8) is 0 Å². The molecule has 0 bridgehead atoms. The first-order chi connectivity index (χ1) is 9.86. The van der Waals surface area contributed by atoms with Crippen LogP contribution in [0.4, 0.5) is 0 Å². The van der Waals surface area contributed by atoms with Gasteiger partial charge in [-0.1, -0.05) is 37.5 Å². The van der Waals surface area contributed by atoms with E-state index in [0.717, 1.165) is 11.3 Å². The summed E-state index contributed by atoms with van der Waals surface area (Å²) >= 11 is 0. The number of para-hydroxylation sites is 1. The Balaban J connectivity index is 1.69. The summed E-state index contributed by atoms with van der Waals surface area (Å²) in [4.78, 5) is 4.67. The fraction of sp³-hybridized carbons (Fsp3) is 0.533. The number of rotatable bonds is 2. The Labute approximate surface area is 119 Å². The molecule has 5 nitrogen and oxygen atoms in total. The Bertz CT molecular complexity index is 483. The minimum Gasteiger partial charge on any atom is -0.491 e. The highest BCUT2D eigenvalue weighted by Gasteiger charge is 2.24. The van der Waals surface area contributed by atoms with Gasteiger partial charge in [-0.15, -0.1) is 0 Å². The number of benzene rings is 1. The van der Waals surface area contributed by atoms with Crippen LogP contribution in [0.1, 0.15) is 43.7 Å². The predicted molar refractivity (Wildman–Crippen MR) is 79.4 cm³/mol. The minimum atomic E-state index is 0.0216.